The summed E-state index contributed by atoms with van der Waals surface area (Å²) in [5, 5.41) is 23.0. The lowest BCUT2D eigenvalue weighted by molar-refractivity contribution is -0.385. The molecule has 270 valence electrons. The lowest BCUT2D eigenvalue weighted by atomic mass is 9.35. The van der Waals surface area contributed by atoms with E-state index in [1.807, 2.05) is 24.3 Å². The highest BCUT2D eigenvalue weighted by molar-refractivity contribution is 5.40. The molecular weight excluding hydrogens is 636 g/mol. The Morgan fingerprint density at radius 1 is 0.600 bits per heavy atom. The summed E-state index contributed by atoms with van der Waals surface area (Å²) < 4.78 is 11.8. The Bertz CT molecular complexity index is 1490. The molecule has 0 radical (unpaired) electrons. The van der Waals surface area contributed by atoms with Crippen LogP contribution >= 0.6 is 0 Å². The number of non-ortho nitro benzene ring substituents is 2. The molecule has 2 aromatic carbocycles. The summed E-state index contributed by atoms with van der Waals surface area (Å²) in [4.78, 5) is 33.5. The molecule has 6 fully saturated rings. The molecule has 2 aliphatic carbocycles. The fraction of sp³-hybridized carbons (Fsp3) is 0.684. The Balaban J connectivity index is 1.27. The molecule has 4 bridgehead atoms. The van der Waals surface area contributed by atoms with Crippen LogP contribution in [0.5, 0.6) is 0 Å². The van der Waals surface area contributed by atoms with Gasteiger partial charge < -0.3 is 9.47 Å². The third-order valence-electron chi connectivity index (χ3n) is 14.6. The molecule has 2 aromatic rings. The van der Waals surface area contributed by atoms with Crippen molar-refractivity contribution in [2.24, 2.45) is 21.7 Å². The van der Waals surface area contributed by atoms with Gasteiger partial charge in [0.05, 0.1) is 36.3 Å². The summed E-state index contributed by atoms with van der Waals surface area (Å²) in [6, 6.07) is 15.7. The second-order valence-corrected chi connectivity index (χ2v) is 16.9. The predicted molar refractivity (Wildman–Crippen MR) is 189 cm³/mol. The highest BCUT2D eigenvalue weighted by Crippen LogP contribution is 2.80. The van der Waals surface area contributed by atoms with Gasteiger partial charge in [-0.2, -0.15) is 0 Å². The lowest BCUT2D eigenvalue weighted by Crippen LogP contribution is -2.75. The topological polar surface area (TPSA) is 118 Å². The van der Waals surface area contributed by atoms with Gasteiger partial charge in [0.1, 0.15) is 0 Å². The average molecular weight is 689 g/mol. The number of hydrogen-bond donors (Lipinski definition) is 0. The summed E-state index contributed by atoms with van der Waals surface area (Å²) in [6.07, 6.45) is 2.08. The summed E-state index contributed by atoms with van der Waals surface area (Å²) in [5.41, 5.74) is 2.34. The van der Waals surface area contributed by atoms with Crippen molar-refractivity contribution in [1.82, 2.24) is 19.6 Å². The molecule has 0 amide bonds. The van der Waals surface area contributed by atoms with Crippen molar-refractivity contribution in [3.05, 3.63) is 79.9 Å². The number of morpholine rings is 2. The molecule has 4 aliphatic heterocycles. The van der Waals surface area contributed by atoms with Crippen LogP contribution in [0.15, 0.2) is 48.5 Å². The maximum Gasteiger partial charge on any atom is 0.269 e. The first kappa shape index (κ1) is 34.1. The van der Waals surface area contributed by atoms with Crippen LogP contribution in [0.3, 0.4) is 0 Å². The van der Waals surface area contributed by atoms with Gasteiger partial charge in [-0.3, -0.25) is 39.8 Å². The molecular formula is C38H52N6O6. The maximum atomic E-state index is 11.5. The van der Waals surface area contributed by atoms with Crippen molar-refractivity contribution in [2.45, 2.75) is 77.8 Å². The molecule has 12 nitrogen and oxygen atoms in total. The van der Waals surface area contributed by atoms with E-state index >= 15 is 0 Å². The first-order valence-electron chi connectivity index (χ1n) is 18.5. The Kier molecular flexibility index (Phi) is 8.39. The molecule has 50 heavy (non-hydrogen) atoms. The number of nitro benzene ring substituents is 2. The Morgan fingerprint density at radius 3 is 1.26 bits per heavy atom. The van der Waals surface area contributed by atoms with Crippen molar-refractivity contribution in [3.63, 3.8) is 0 Å². The van der Waals surface area contributed by atoms with Gasteiger partial charge in [0.2, 0.25) is 0 Å². The van der Waals surface area contributed by atoms with Crippen molar-refractivity contribution in [1.29, 1.82) is 0 Å². The lowest BCUT2D eigenvalue weighted by Gasteiger charge is -2.69. The molecule has 0 aromatic heterocycles. The minimum Gasteiger partial charge on any atom is -0.379 e. The van der Waals surface area contributed by atoms with Gasteiger partial charge in [-0.05, 0) is 34.8 Å². The number of hydrogen-bond acceptors (Lipinski definition) is 10. The number of nitrogens with zero attached hydrogens (tertiary/aromatic N) is 6. The monoisotopic (exact) mass is 688 g/mol. The minimum absolute atomic E-state index is 0.0227. The molecule has 4 heterocycles. The average Bonchev–Trinajstić information content (AvgIpc) is 3.28. The predicted octanol–water partition coefficient (Wildman–Crippen LogP) is 4.81. The third-order valence-corrected chi connectivity index (χ3v) is 14.6. The molecule has 12 heteroatoms. The summed E-state index contributed by atoms with van der Waals surface area (Å²) in [6.45, 7) is 20.6. The fourth-order valence-electron chi connectivity index (χ4n) is 12.4. The molecule has 4 saturated heterocycles. The van der Waals surface area contributed by atoms with Gasteiger partial charge in [-0.1, -0.05) is 52.0 Å². The van der Waals surface area contributed by atoms with Gasteiger partial charge in [0.25, 0.3) is 11.4 Å². The molecule has 8 rings (SSSR count). The molecule has 6 aliphatic rings. The quantitative estimate of drug-likeness (QED) is 0.254. The van der Waals surface area contributed by atoms with E-state index in [1.165, 1.54) is 0 Å². The van der Waals surface area contributed by atoms with Crippen LogP contribution in [-0.4, -0.2) is 119 Å². The van der Waals surface area contributed by atoms with Crippen molar-refractivity contribution >= 4 is 11.4 Å². The van der Waals surface area contributed by atoms with Gasteiger partial charge in [0.15, 0.2) is 0 Å². The molecule has 0 unspecified atom stereocenters. The van der Waals surface area contributed by atoms with Crippen molar-refractivity contribution in [3.8, 4) is 0 Å². The van der Waals surface area contributed by atoms with E-state index in [9.17, 15) is 20.2 Å². The third kappa shape index (κ3) is 4.85. The second-order valence-electron chi connectivity index (χ2n) is 16.9. The highest BCUT2D eigenvalue weighted by atomic mass is 16.6. The van der Waals surface area contributed by atoms with Crippen LogP contribution in [0, 0.1) is 41.9 Å². The van der Waals surface area contributed by atoms with Crippen molar-refractivity contribution in [2.75, 3.05) is 65.7 Å². The number of benzene rings is 2. The largest absolute Gasteiger partial charge is 0.379 e. The van der Waals surface area contributed by atoms with E-state index in [4.69, 9.17) is 9.47 Å². The van der Waals surface area contributed by atoms with Crippen LogP contribution in [-0.2, 0) is 22.6 Å². The number of likely N-dealkylation sites (tertiary alicyclic amines) is 2. The first-order valence-corrected chi connectivity index (χ1v) is 18.5. The van der Waals surface area contributed by atoms with Gasteiger partial charge in [0, 0.05) is 112 Å². The van der Waals surface area contributed by atoms with Gasteiger partial charge in [-0.25, -0.2) is 0 Å². The van der Waals surface area contributed by atoms with Crippen molar-refractivity contribution < 1.29 is 19.3 Å². The van der Waals surface area contributed by atoms with Crippen LogP contribution in [0.4, 0.5) is 11.4 Å². The van der Waals surface area contributed by atoms with E-state index in [2.05, 4.69) is 47.3 Å². The van der Waals surface area contributed by atoms with E-state index in [1.54, 1.807) is 24.3 Å². The second kappa shape index (κ2) is 12.3. The standard InChI is InChI=1S/C38H52N6O6/c1-35(2)31-21-34-38(26-40-15-19-50-20-16-40)36(3,4)32(42(34)24-28-7-11-30(12-8-28)44(47)48)22-33(37(35,38)25-39-13-17-49-18-14-39)41(31)23-27-5-9-29(10-6-27)43(45)46/h5-12,31-34H,13-26H2,1-4H3/t31-,32-,33+,34+,37-,38+/m1/s1. The smallest absolute Gasteiger partial charge is 0.269 e. The van der Waals surface area contributed by atoms with Crippen LogP contribution in [0.25, 0.3) is 0 Å². The van der Waals surface area contributed by atoms with E-state index < -0.39 is 0 Å². The van der Waals surface area contributed by atoms with Crippen LogP contribution in [0.1, 0.15) is 51.7 Å². The zero-order chi connectivity index (χ0) is 35.1. The Labute approximate surface area is 295 Å². The summed E-state index contributed by atoms with van der Waals surface area (Å²) >= 11 is 0. The maximum absolute atomic E-state index is 11.5. The number of rotatable bonds is 10. The molecule has 2 saturated carbocycles. The fourth-order valence-corrected chi connectivity index (χ4v) is 12.4. The summed E-state index contributed by atoms with van der Waals surface area (Å²) in [5.74, 6) is 0. The van der Waals surface area contributed by atoms with E-state index in [-0.39, 0.29) is 42.9 Å². The number of ether oxygens (including phenoxy) is 2. The van der Waals surface area contributed by atoms with Crippen LogP contribution < -0.4 is 0 Å². The normalized spacial score (nSPS) is 35.0. The zero-order valence-corrected chi connectivity index (χ0v) is 30.0. The van der Waals surface area contributed by atoms with Gasteiger partial charge in [-0.15, -0.1) is 0 Å². The SMILES string of the molecule is CC1(C)[C@H]2C[C@@H]3N(Cc4ccc([N+](=O)[O-])cc4)[C@@H]4C[C@H](N2Cc2ccc([N+](=O)[O-])cc2)[C@]1(CN1CCOCC1)[C@@]3(CN1CCOCC1)C4(C)C. The first-order chi connectivity index (χ1) is 23.9. The molecule has 0 spiro atoms. The Hall–Kier alpha value is -3.00. The van der Waals surface area contributed by atoms with Crippen LogP contribution in [0.2, 0.25) is 0 Å². The highest BCUT2D eigenvalue weighted by Gasteiger charge is 2.85. The molecule has 0 N–H and O–H groups in total. The zero-order valence-electron chi connectivity index (χ0n) is 30.0. The minimum atomic E-state index is -0.316. The molecule has 6 atom stereocenters. The van der Waals surface area contributed by atoms with E-state index in [0.29, 0.717) is 24.2 Å². The Morgan fingerprint density at radius 2 is 0.940 bits per heavy atom. The number of fused-ring (bicyclic) bond motifs is 2. The number of nitro groups is 2. The van der Waals surface area contributed by atoms with Gasteiger partial charge >= 0.3 is 0 Å². The summed E-state index contributed by atoms with van der Waals surface area (Å²) in [7, 11) is 0. The van der Waals surface area contributed by atoms with E-state index in [0.717, 1.165) is 103 Å².